The lowest BCUT2D eigenvalue weighted by Crippen LogP contribution is -2.42. The van der Waals surface area contributed by atoms with Gasteiger partial charge in [0.1, 0.15) is 10.0 Å². The molecule has 0 saturated heterocycles. The van der Waals surface area contributed by atoms with Crippen LogP contribution in [0.2, 0.25) is 0 Å². The van der Waals surface area contributed by atoms with E-state index in [1.54, 1.807) is 26.0 Å². The molecule has 0 fully saturated rings. The first-order valence-electron chi connectivity index (χ1n) is 10.3. The number of aryl methyl sites for hydroxylation is 2. The molecule has 0 saturated carbocycles. The number of rotatable bonds is 5. The molecule has 176 valence electrons. The number of thiophene rings is 1. The van der Waals surface area contributed by atoms with Gasteiger partial charge in [-0.1, -0.05) is 13.0 Å². The Morgan fingerprint density at radius 3 is 2.44 bits per heavy atom. The molecule has 2 aromatic carbocycles. The predicted molar refractivity (Wildman–Crippen MR) is 126 cm³/mol. The average Bonchev–Trinajstić information content (AvgIpc) is 3.22. The van der Waals surface area contributed by atoms with E-state index in [0.717, 1.165) is 27.2 Å². The Balaban J connectivity index is 1.49. The van der Waals surface area contributed by atoms with Crippen molar-refractivity contribution in [3.05, 3.63) is 75.9 Å². The van der Waals surface area contributed by atoms with E-state index in [-0.39, 0.29) is 27.6 Å². The number of hydrogen-bond donors (Lipinski definition) is 2. The zero-order chi connectivity index (χ0) is 24.6. The van der Waals surface area contributed by atoms with Gasteiger partial charge in [0.25, 0.3) is 15.9 Å². The maximum Gasteiger partial charge on any atom is 0.333 e. The number of carbonyl (C=O) groups excluding carboxylic acids is 3. The van der Waals surface area contributed by atoms with Crippen LogP contribution in [0.15, 0.2) is 52.7 Å². The summed E-state index contributed by atoms with van der Waals surface area (Å²) in [6.45, 7) is 3.54. The molecule has 0 radical (unpaired) electrons. The summed E-state index contributed by atoms with van der Waals surface area (Å²) in [6.07, 6.45) is 0.401. The van der Waals surface area contributed by atoms with Gasteiger partial charge in [-0.3, -0.25) is 9.59 Å². The van der Waals surface area contributed by atoms with Crippen molar-refractivity contribution in [2.24, 2.45) is 0 Å². The number of carbonyl (C=O) groups is 3. The van der Waals surface area contributed by atoms with Crippen LogP contribution in [0.5, 0.6) is 0 Å². The lowest BCUT2D eigenvalue weighted by molar-refractivity contribution is -0.117. The maximum atomic E-state index is 14.2. The van der Waals surface area contributed by atoms with Crippen molar-refractivity contribution in [1.82, 2.24) is 4.72 Å². The van der Waals surface area contributed by atoms with Gasteiger partial charge in [0.05, 0.1) is 12.1 Å². The minimum Gasteiger partial charge on any atom is -0.307 e. The van der Waals surface area contributed by atoms with Crippen molar-refractivity contribution in [1.29, 1.82) is 0 Å². The largest absolute Gasteiger partial charge is 0.333 e. The topological polar surface area (TPSA) is 113 Å². The first-order chi connectivity index (χ1) is 16.1. The number of anilines is 2. The fourth-order valence-electron chi connectivity index (χ4n) is 3.60. The zero-order valence-electron chi connectivity index (χ0n) is 18.2. The number of imide groups is 1. The van der Waals surface area contributed by atoms with Crippen molar-refractivity contribution in [2.75, 3.05) is 10.2 Å². The second kappa shape index (κ2) is 8.99. The molecular weight excluding hydrogens is 481 g/mol. The Morgan fingerprint density at radius 2 is 1.82 bits per heavy atom. The van der Waals surface area contributed by atoms with E-state index >= 15 is 0 Å². The van der Waals surface area contributed by atoms with Crippen LogP contribution < -0.4 is 14.9 Å². The summed E-state index contributed by atoms with van der Waals surface area (Å²) in [5.41, 5.74) is 1.55. The lowest BCUT2D eigenvalue weighted by Gasteiger charge is -2.27. The number of nitrogens with zero attached hydrogens (tertiary/aromatic N) is 1. The minimum atomic E-state index is -4.01. The number of urea groups is 1. The summed E-state index contributed by atoms with van der Waals surface area (Å²) < 4.78 is 40.7. The summed E-state index contributed by atoms with van der Waals surface area (Å²) in [7, 11) is -4.01. The van der Waals surface area contributed by atoms with Gasteiger partial charge >= 0.3 is 6.03 Å². The Morgan fingerprint density at radius 1 is 1.12 bits per heavy atom. The third-order valence-corrected chi connectivity index (χ3v) is 8.09. The molecule has 1 aliphatic heterocycles. The van der Waals surface area contributed by atoms with Crippen molar-refractivity contribution in [3.63, 3.8) is 0 Å². The number of nitrogens with one attached hydrogen (secondary N) is 2. The number of sulfonamides is 1. The third-order valence-electron chi connectivity index (χ3n) is 5.27. The summed E-state index contributed by atoms with van der Waals surface area (Å²) in [5.74, 6) is -1.59. The highest BCUT2D eigenvalue weighted by atomic mass is 32.2. The van der Waals surface area contributed by atoms with Crippen molar-refractivity contribution < 1.29 is 27.2 Å². The van der Waals surface area contributed by atoms with Gasteiger partial charge in [-0.05, 0) is 66.9 Å². The molecule has 0 unspecified atom stereocenters. The molecule has 34 heavy (non-hydrogen) atoms. The summed E-state index contributed by atoms with van der Waals surface area (Å²) in [4.78, 5) is 39.5. The summed E-state index contributed by atoms with van der Waals surface area (Å²) in [6, 6.07) is 10.5. The number of benzene rings is 2. The molecule has 0 aliphatic carbocycles. The fraction of sp³-hybridized carbons (Fsp3) is 0.174. The fourth-order valence-corrected chi connectivity index (χ4v) is 5.79. The zero-order valence-corrected chi connectivity index (χ0v) is 19.8. The van der Waals surface area contributed by atoms with Crippen molar-refractivity contribution >= 4 is 50.6 Å². The molecule has 0 atom stereocenters. The quantitative estimate of drug-likeness (QED) is 0.513. The average molecular weight is 502 g/mol. The Bertz CT molecular complexity index is 1410. The highest BCUT2D eigenvalue weighted by molar-refractivity contribution is 7.92. The minimum absolute atomic E-state index is 0.0143. The van der Waals surface area contributed by atoms with E-state index in [1.807, 2.05) is 4.72 Å². The van der Waals surface area contributed by atoms with Gasteiger partial charge in [-0.2, -0.15) is 0 Å². The van der Waals surface area contributed by atoms with E-state index in [0.29, 0.717) is 17.5 Å². The van der Waals surface area contributed by atoms with Crippen LogP contribution >= 0.6 is 11.3 Å². The van der Waals surface area contributed by atoms with Crippen LogP contribution in [0.3, 0.4) is 0 Å². The molecule has 2 N–H and O–H groups in total. The standard InChI is InChI=1S/C23H20FN3O5S2/c1-3-14-10-15-11-20(28)27(22(29)18(15)12-19(14)24)17-7-5-16(6-8-17)25-23(30)26-34(31,32)21-9-4-13(2)33-21/h4-10,12H,3,11H2,1-2H3,(H2,25,26,30). The Kier molecular flexibility index (Phi) is 6.24. The second-order valence-electron chi connectivity index (χ2n) is 7.64. The molecule has 0 spiro atoms. The number of amides is 4. The van der Waals surface area contributed by atoms with Gasteiger partial charge < -0.3 is 5.32 Å². The van der Waals surface area contributed by atoms with Crippen LogP contribution in [0.4, 0.5) is 20.6 Å². The Hall–Kier alpha value is -3.57. The maximum absolute atomic E-state index is 14.2. The first-order valence-corrected chi connectivity index (χ1v) is 12.6. The van der Waals surface area contributed by atoms with Gasteiger partial charge in [0.2, 0.25) is 5.91 Å². The highest BCUT2D eigenvalue weighted by Gasteiger charge is 2.33. The molecule has 4 rings (SSSR count). The lowest BCUT2D eigenvalue weighted by atomic mass is 9.94. The molecule has 8 nitrogen and oxygen atoms in total. The monoisotopic (exact) mass is 501 g/mol. The van der Waals surface area contributed by atoms with Crippen LogP contribution in [-0.2, 0) is 27.7 Å². The third kappa shape index (κ3) is 4.57. The Labute approximate surface area is 199 Å². The first kappa shape index (κ1) is 23.6. The SMILES string of the molecule is CCc1cc2c(cc1F)C(=O)N(c1ccc(NC(=O)NS(=O)(=O)c3ccc(C)s3)cc1)C(=O)C2. The smallest absolute Gasteiger partial charge is 0.307 e. The van der Waals surface area contributed by atoms with Gasteiger partial charge in [0.15, 0.2) is 0 Å². The number of fused-ring (bicyclic) bond motifs is 1. The van der Waals surface area contributed by atoms with Crippen molar-refractivity contribution in [2.45, 2.75) is 30.9 Å². The van der Waals surface area contributed by atoms with Crippen LogP contribution in [0.25, 0.3) is 0 Å². The molecule has 11 heteroatoms. The van der Waals surface area contributed by atoms with E-state index in [2.05, 4.69) is 5.32 Å². The van der Waals surface area contributed by atoms with Crippen LogP contribution in [0, 0.1) is 12.7 Å². The molecular formula is C23H20FN3O5S2. The number of halogens is 1. The number of hydrogen-bond acceptors (Lipinski definition) is 6. The van der Waals surface area contributed by atoms with E-state index in [4.69, 9.17) is 0 Å². The second-order valence-corrected chi connectivity index (χ2v) is 10.8. The summed E-state index contributed by atoms with van der Waals surface area (Å²) >= 11 is 1.04. The molecule has 3 aromatic rings. The molecule has 1 aromatic heterocycles. The van der Waals surface area contributed by atoms with Crippen LogP contribution in [0.1, 0.15) is 33.3 Å². The van der Waals surface area contributed by atoms with E-state index in [1.165, 1.54) is 30.3 Å². The molecule has 0 bridgehead atoms. The van der Waals surface area contributed by atoms with Gasteiger partial charge in [-0.15, -0.1) is 11.3 Å². The highest BCUT2D eigenvalue weighted by Crippen LogP contribution is 2.28. The normalized spacial score (nSPS) is 13.6. The van der Waals surface area contributed by atoms with Crippen LogP contribution in [-0.4, -0.2) is 26.3 Å². The van der Waals surface area contributed by atoms with Gasteiger partial charge in [0, 0.05) is 16.1 Å². The molecule has 2 heterocycles. The van der Waals surface area contributed by atoms with Crippen molar-refractivity contribution in [3.8, 4) is 0 Å². The molecule has 4 amide bonds. The molecule has 1 aliphatic rings. The summed E-state index contributed by atoms with van der Waals surface area (Å²) in [5, 5.41) is 2.40. The van der Waals surface area contributed by atoms with E-state index < -0.39 is 33.7 Å². The predicted octanol–water partition coefficient (Wildman–Crippen LogP) is 4.00. The van der Waals surface area contributed by atoms with E-state index in [9.17, 15) is 27.2 Å². The van der Waals surface area contributed by atoms with Gasteiger partial charge in [-0.25, -0.2) is 27.2 Å².